The van der Waals surface area contributed by atoms with E-state index in [0.717, 1.165) is 37.9 Å². The van der Waals surface area contributed by atoms with Crippen molar-refractivity contribution in [3.05, 3.63) is 29.8 Å². The third kappa shape index (κ3) is 4.22. The lowest BCUT2D eigenvalue weighted by Gasteiger charge is -2.31. The van der Waals surface area contributed by atoms with E-state index in [4.69, 9.17) is 0 Å². The van der Waals surface area contributed by atoms with Crippen LogP contribution < -0.4 is 10.6 Å². The number of nitrogens with zero attached hydrogens (tertiary/aromatic N) is 1. The second kappa shape index (κ2) is 7.85. The molecule has 7 heteroatoms. The van der Waals surface area contributed by atoms with Gasteiger partial charge in [0.05, 0.1) is 4.90 Å². The molecule has 0 spiro atoms. The number of nitrogens with one attached hydrogen (secondary N) is 2. The number of rotatable bonds is 6. The second-order valence-corrected chi connectivity index (χ2v) is 8.97. The first-order valence-electron chi connectivity index (χ1n) is 9.06. The Balaban J connectivity index is 1.63. The van der Waals surface area contributed by atoms with Gasteiger partial charge in [0.2, 0.25) is 15.9 Å². The smallest absolute Gasteiger partial charge is 0.243 e. The molecular formula is C18H27N3O3S. The SMILES string of the molecule is CC(C(=O)NCc1cccc(S(=O)(=O)N2CCCCC2)c1)C1CNC1. The van der Waals surface area contributed by atoms with Crippen molar-refractivity contribution in [2.45, 2.75) is 37.6 Å². The van der Waals surface area contributed by atoms with Crippen molar-refractivity contribution in [1.29, 1.82) is 0 Å². The molecule has 0 aliphatic carbocycles. The molecule has 1 unspecified atom stereocenters. The largest absolute Gasteiger partial charge is 0.352 e. The van der Waals surface area contributed by atoms with Crippen LogP contribution >= 0.6 is 0 Å². The normalized spacial score (nSPS) is 20.7. The van der Waals surface area contributed by atoms with Gasteiger partial charge in [-0.2, -0.15) is 4.31 Å². The summed E-state index contributed by atoms with van der Waals surface area (Å²) < 4.78 is 27.1. The molecule has 1 atom stereocenters. The number of amides is 1. The quantitative estimate of drug-likeness (QED) is 0.797. The molecule has 0 radical (unpaired) electrons. The lowest BCUT2D eigenvalue weighted by molar-refractivity contribution is -0.126. The van der Waals surface area contributed by atoms with Crippen molar-refractivity contribution < 1.29 is 13.2 Å². The van der Waals surface area contributed by atoms with E-state index in [-0.39, 0.29) is 11.8 Å². The number of carbonyl (C=O) groups excluding carboxylic acids is 1. The molecule has 2 fully saturated rings. The molecule has 2 heterocycles. The predicted octanol–water partition coefficient (Wildman–Crippen LogP) is 1.33. The molecule has 25 heavy (non-hydrogen) atoms. The van der Waals surface area contributed by atoms with Crippen molar-refractivity contribution in [3.63, 3.8) is 0 Å². The molecule has 6 nitrogen and oxygen atoms in total. The Morgan fingerprint density at radius 3 is 2.64 bits per heavy atom. The van der Waals surface area contributed by atoms with Crippen LogP contribution in [0.25, 0.3) is 0 Å². The van der Waals surface area contributed by atoms with Crippen molar-refractivity contribution in [1.82, 2.24) is 14.9 Å². The molecule has 2 aliphatic heterocycles. The first-order chi connectivity index (χ1) is 12.0. The molecule has 3 rings (SSSR count). The average Bonchev–Trinajstić information content (AvgIpc) is 2.59. The minimum absolute atomic E-state index is 0.0239. The summed E-state index contributed by atoms with van der Waals surface area (Å²) in [5.74, 6) is 0.392. The zero-order valence-electron chi connectivity index (χ0n) is 14.7. The minimum atomic E-state index is -3.44. The van der Waals surface area contributed by atoms with Crippen LogP contribution in [-0.4, -0.2) is 44.8 Å². The summed E-state index contributed by atoms with van der Waals surface area (Å²) in [7, 11) is -3.44. The molecule has 2 aliphatic rings. The molecule has 2 saturated heterocycles. The number of carbonyl (C=O) groups is 1. The van der Waals surface area contributed by atoms with E-state index in [2.05, 4.69) is 10.6 Å². The summed E-state index contributed by atoms with van der Waals surface area (Å²) in [4.78, 5) is 12.5. The van der Waals surface area contributed by atoms with Gasteiger partial charge < -0.3 is 10.6 Å². The summed E-state index contributed by atoms with van der Waals surface area (Å²) in [5, 5.41) is 6.11. The van der Waals surface area contributed by atoms with Gasteiger partial charge >= 0.3 is 0 Å². The molecule has 0 bridgehead atoms. The van der Waals surface area contributed by atoms with Crippen LogP contribution in [0.5, 0.6) is 0 Å². The van der Waals surface area contributed by atoms with Gasteiger partial charge in [0, 0.05) is 25.6 Å². The number of hydrogen-bond donors (Lipinski definition) is 2. The van der Waals surface area contributed by atoms with Gasteiger partial charge in [0.15, 0.2) is 0 Å². The van der Waals surface area contributed by atoms with Crippen LogP contribution in [0, 0.1) is 11.8 Å². The molecule has 2 N–H and O–H groups in total. The van der Waals surface area contributed by atoms with Crippen LogP contribution in [0.2, 0.25) is 0 Å². The van der Waals surface area contributed by atoms with E-state index < -0.39 is 10.0 Å². The Bertz CT molecular complexity index is 710. The standard InChI is InChI=1S/C18H27N3O3S/c1-14(16-12-19-13-16)18(22)20-11-15-6-5-7-17(10-15)25(23,24)21-8-3-2-4-9-21/h5-7,10,14,16,19H,2-4,8-9,11-13H2,1H3,(H,20,22). The van der Waals surface area contributed by atoms with Crippen LogP contribution in [0.1, 0.15) is 31.7 Å². The maximum absolute atomic E-state index is 12.8. The van der Waals surface area contributed by atoms with Gasteiger partial charge in [-0.3, -0.25) is 4.79 Å². The summed E-state index contributed by atoms with van der Waals surface area (Å²) in [6, 6.07) is 6.92. The Labute approximate surface area is 150 Å². The fourth-order valence-electron chi connectivity index (χ4n) is 3.30. The van der Waals surface area contributed by atoms with E-state index >= 15 is 0 Å². The average molecular weight is 365 g/mol. The zero-order chi connectivity index (χ0) is 17.9. The lowest BCUT2D eigenvalue weighted by atomic mass is 9.88. The van der Waals surface area contributed by atoms with Gasteiger partial charge in [-0.25, -0.2) is 8.42 Å². The monoisotopic (exact) mass is 365 g/mol. The summed E-state index contributed by atoms with van der Waals surface area (Å²) in [6.07, 6.45) is 2.93. The maximum Gasteiger partial charge on any atom is 0.243 e. The fraction of sp³-hybridized carbons (Fsp3) is 0.611. The maximum atomic E-state index is 12.8. The highest BCUT2D eigenvalue weighted by atomic mass is 32.2. The Morgan fingerprint density at radius 1 is 1.28 bits per heavy atom. The lowest BCUT2D eigenvalue weighted by Crippen LogP contribution is -2.49. The molecule has 1 amide bonds. The molecule has 1 aromatic rings. The first kappa shape index (κ1) is 18.4. The number of benzene rings is 1. The Hall–Kier alpha value is -1.44. The Kier molecular flexibility index (Phi) is 5.76. The number of hydrogen-bond acceptors (Lipinski definition) is 4. The van der Waals surface area contributed by atoms with Crippen molar-refractivity contribution in [2.75, 3.05) is 26.2 Å². The highest BCUT2D eigenvalue weighted by Gasteiger charge is 2.29. The van der Waals surface area contributed by atoms with Crippen LogP contribution in [0.4, 0.5) is 0 Å². The molecule has 1 aromatic carbocycles. The topological polar surface area (TPSA) is 78.5 Å². The van der Waals surface area contributed by atoms with Crippen molar-refractivity contribution in [3.8, 4) is 0 Å². The first-order valence-corrected chi connectivity index (χ1v) is 10.5. The van der Waals surface area contributed by atoms with E-state index in [9.17, 15) is 13.2 Å². The third-order valence-corrected chi connectivity index (χ3v) is 7.15. The van der Waals surface area contributed by atoms with Crippen molar-refractivity contribution >= 4 is 15.9 Å². The number of piperidine rings is 1. The zero-order valence-corrected chi connectivity index (χ0v) is 15.5. The van der Waals surface area contributed by atoms with E-state index in [0.29, 0.717) is 30.4 Å². The van der Waals surface area contributed by atoms with Gasteiger partial charge in [0.25, 0.3) is 0 Å². The van der Waals surface area contributed by atoms with Crippen LogP contribution in [0.15, 0.2) is 29.2 Å². The second-order valence-electron chi connectivity index (χ2n) is 7.04. The third-order valence-electron chi connectivity index (χ3n) is 5.25. The van der Waals surface area contributed by atoms with E-state index in [1.807, 2.05) is 13.0 Å². The van der Waals surface area contributed by atoms with Crippen LogP contribution in [-0.2, 0) is 21.4 Å². The molecule has 0 aromatic heterocycles. The highest BCUT2D eigenvalue weighted by molar-refractivity contribution is 7.89. The van der Waals surface area contributed by atoms with Gasteiger partial charge in [-0.1, -0.05) is 25.5 Å². The molecule has 0 saturated carbocycles. The summed E-state index contributed by atoms with van der Waals surface area (Å²) >= 11 is 0. The van der Waals surface area contributed by atoms with Gasteiger partial charge in [0.1, 0.15) is 0 Å². The minimum Gasteiger partial charge on any atom is -0.352 e. The van der Waals surface area contributed by atoms with E-state index in [1.54, 1.807) is 22.5 Å². The predicted molar refractivity (Wildman–Crippen MR) is 96.4 cm³/mol. The molecule has 138 valence electrons. The summed E-state index contributed by atoms with van der Waals surface area (Å²) in [6.45, 7) is 5.26. The van der Waals surface area contributed by atoms with Gasteiger partial charge in [-0.05, 0) is 49.5 Å². The summed E-state index contributed by atoms with van der Waals surface area (Å²) in [5.41, 5.74) is 0.811. The van der Waals surface area contributed by atoms with Gasteiger partial charge in [-0.15, -0.1) is 0 Å². The van der Waals surface area contributed by atoms with Crippen molar-refractivity contribution in [2.24, 2.45) is 11.8 Å². The fourth-order valence-corrected chi connectivity index (χ4v) is 4.89. The highest BCUT2D eigenvalue weighted by Crippen LogP contribution is 2.21. The van der Waals surface area contributed by atoms with Crippen LogP contribution in [0.3, 0.4) is 0 Å². The molecular weight excluding hydrogens is 338 g/mol. The van der Waals surface area contributed by atoms with E-state index in [1.165, 1.54) is 0 Å². The number of sulfonamides is 1. The Morgan fingerprint density at radius 2 is 2.00 bits per heavy atom.